The number of rotatable bonds is 5. The summed E-state index contributed by atoms with van der Waals surface area (Å²) in [7, 11) is 0. The minimum Gasteiger partial charge on any atom is -0.454 e. The Morgan fingerprint density at radius 2 is 2.00 bits per heavy atom. The largest absolute Gasteiger partial charge is 0.454 e. The summed E-state index contributed by atoms with van der Waals surface area (Å²) in [5, 5.41) is 2.71. The van der Waals surface area contributed by atoms with E-state index in [2.05, 4.69) is 4.98 Å². The fraction of sp³-hybridized carbons (Fsp3) is 0.211. The van der Waals surface area contributed by atoms with Crippen molar-refractivity contribution in [3.8, 4) is 10.6 Å². The second-order valence-electron chi connectivity index (χ2n) is 5.87. The van der Waals surface area contributed by atoms with Crippen LogP contribution in [0.1, 0.15) is 23.2 Å². The van der Waals surface area contributed by atoms with Gasteiger partial charge in [0.2, 0.25) is 0 Å². The fourth-order valence-corrected chi connectivity index (χ4v) is 3.32. The maximum Gasteiger partial charge on any atom is 0.339 e. The van der Waals surface area contributed by atoms with E-state index >= 15 is 0 Å². The zero-order valence-electron chi connectivity index (χ0n) is 12.9. The van der Waals surface area contributed by atoms with E-state index in [1.807, 2.05) is 41.8 Å². The quantitative estimate of drug-likeness (QED) is 0.658. The molecule has 0 radical (unpaired) electrons. The number of thiophene rings is 1. The number of esters is 1. The van der Waals surface area contributed by atoms with Crippen molar-refractivity contribution in [2.45, 2.75) is 12.8 Å². The number of aromatic nitrogens is 1. The molecular formula is C19H15NO3S. The molecule has 24 heavy (non-hydrogen) atoms. The number of carbonyl (C=O) groups excluding carboxylic acids is 2. The zero-order valence-corrected chi connectivity index (χ0v) is 13.7. The molecule has 0 bridgehead atoms. The summed E-state index contributed by atoms with van der Waals surface area (Å²) in [5.41, 5.74) is 1.93. The number of carbonyl (C=O) groups is 2. The first-order chi connectivity index (χ1) is 11.7. The molecule has 0 aliphatic heterocycles. The van der Waals surface area contributed by atoms with Crippen LogP contribution in [-0.4, -0.2) is 23.3 Å². The number of ether oxygens (including phenoxy) is 1. The van der Waals surface area contributed by atoms with Crippen LogP contribution >= 0.6 is 11.3 Å². The Bertz CT molecular complexity index is 914. The number of ketones is 1. The van der Waals surface area contributed by atoms with Crippen molar-refractivity contribution in [3.05, 3.63) is 53.4 Å². The maximum absolute atomic E-state index is 12.5. The van der Waals surface area contributed by atoms with Crippen LogP contribution in [0.3, 0.4) is 0 Å². The monoisotopic (exact) mass is 337 g/mol. The van der Waals surface area contributed by atoms with E-state index in [0.29, 0.717) is 5.56 Å². The molecule has 1 aliphatic rings. The van der Waals surface area contributed by atoms with Gasteiger partial charge in [0, 0.05) is 11.3 Å². The van der Waals surface area contributed by atoms with Crippen LogP contribution in [0.4, 0.5) is 0 Å². The Kier molecular flexibility index (Phi) is 3.86. The third-order valence-electron chi connectivity index (χ3n) is 4.09. The highest BCUT2D eigenvalue weighted by Crippen LogP contribution is 2.30. The highest BCUT2D eigenvalue weighted by Gasteiger charge is 2.30. The molecule has 0 saturated heterocycles. The zero-order chi connectivity index (χ0) is 16.5. The number of nitrogens with zero attached hydrogens (tertiary/aromatic N) is 1. The van der Waals surface area contributed by atoms with Gasteiger partial charge in [-0.1, -0.05) is 24.3 Å². The van der Waals surface area contributed by atoms with Gasteiger partial charge in [-0.05, 0) is 36.4 Å². The average Bonchev–Trinajstić information content (AvgIpc) is 3.32. The van der Waals surface area contributed by atoms with Crippen molar-refractivity contribution in [2.75, 3.05) is 6.61 Å². The lowest BCUT2D eigenvalue weighted by Crippen LogP contribution is -2.15. The lowest BCUT2D eigenvalue weighted by molar-refractivity contribution is -0.123. The van der Waals surface area contributed by atoms with Crippen LogP contribution in [0.15, 0.2) is 47.8 Å². The second kappa shape index (κ2) is 6.17. The Morgan fingerprint density at radius 3 is 2.75 bits per heavy atom. The summed E-state index contributed by atoms with van der Waals surface area (Å²) in [6, 6.07) is 13.1. The van der Waals surface area contributed by atoms with Gasteiger partial charge in [-0.3, -0.25) is 4.79 Å². The highest BCUT2D eigenvalue weighted by molar-refractivity contribution is 7.13. The fourth-order valence-electron chi connectivity index (χ4n) is 2.63. The Labute approximate surface area is 143 Å². The van der Waals surface area contributed by atoms with Crippen molar-refractivity contribution in [3.63, 3.8) is 0 Å². The Hall–Kier alpha value is -2.53. The number of fused-ring (bicyclic) bond motifs is 1. The molecule has 0 amide bonds. The van der Waals surface area contributed by atoms with E-state index in [-0.39, 0.29) is 18.3 Å². The van der Waals surface area contributed by atoms with Crippen LogP contribution in [0.2, 0.25) is 0 Å². The standard InChI is InChI=1S/C19H15NO3S/c21-17(12-7-8-12)11-23-19(22)14-10-16(18-6-3-9-24-18)20-15-5-2-1-4-13(14)15/h1-6,9-10,12H,7-8,11H2. The molecule has 0 unspecified atom stereocenters. The molecule has 1 fully saturated rings. The van der Waals surface area contributed by atoms with Crippen LogP contribution in [0.25, 0.3) is 21.5 Å². The molecule has 2 aromatic heterocycles. The number of pyridine rings is 1. The predicted molar refractivity (Wildman–Crippen MR) is 93.1 cm³/mol. The maximum atomic E-state index is 12.5. The van der Waals surface area contributed by atoms with Gasteiger partial charge < -0.3 is 4.74 Å². The molecule has 5 heteroatoms. The van der Waals surface area contributed by atoms with Crippen molar-refractivity contribution in [1.29, 1.82) is 0 Å². The van der Waals surface area contributed by atoms with Crippen molar-refractivity contribution in [1.82, 2.24) is 4.98 Å². The number of benzene rings is 1. The van der Waals surface area contributed by atoms with Crippen molar-refractivity contribution in [2.24, 2.45) is 5.92 Å². The van der Waals surface area contributed by atoms with E-state index in [0.717, 1.165) is 34.3 Å². The lowest BCUT2D eigenvalue weighted by Gasteiger charge is -2.09. The SMILES string of the molecule is O=C(OCC(=O)C1CC1)c1cc(-c2cccs2)nc2ccccc12. The number of hydrogen-bond acceptors (Lipinski definition) is 5. The van der Waals surface area contributed by atoms with Gasteiger partial charge in [0.25, 0.3) is 0 Å². The van der Waals surface area contributed by atoms with Crippen LogP contribution < -0.4 is 0 Å². The van der Waals surface area contributed by atoms with Crippen LogP contribution in [-0.2, 0) is 9.53 Å². The van der Waals surface area contributed by atoms with Crippen molar-refractivity contribution < 1.29 is 14.3 Å². The van der Waals surface area contributed by atoms with Gasteiger partial charge in [-0.15, -0.1) is 11.3 Å². The number of para-hydroxylation sites is 1. The van der Waals surface area contributed by atoms with Gasteiger partial charge in [0.1, 0.15) is 0 Å². The molecule has 4 nitrogen and oxygen atoms in total. The topological polar surface area (TPSA) is 56.3 Å². The first-order valence-corrected chi connectivity index (χ1v) is 8.74. The summed E-state index contributed by atoms with van der Waals surface area (Å²) in [4.78, 5) is 29.9. The van der Waals surface area contributed by atoms with E-state index < -0.39 is 5.97 Å². The minimum atomic E-state index is -0.472. The molecule has 1 saturated carbocycles. The predicted octanol–water partition coefficient (Wildman–Crippen LogP) is 4.10. The second-order valence-corrected chi connectivity index (χ2v) is 6.81. The van der Waals surface area contributed by atoms with Gasteiger partial charge >= 0.3 is 5.97 Å². The lowest BCUT2D eigenvalue weighted by atomic mass is 10.1. The van der Waals surface area contributed by atoms with E-state index in [1.54, 1.807) is 17.4 Å². The Morgan fingerprint density at radius 1 is 1.17 bits per heavy atom. The molecule has 0 atom stereocenters. The first kappa shape index (κ1) is 15.0. The molecule has 1 aliphatic carbocycles. The summed E-state index contributed by atoms with van der Waals surface area (Å²) in [5.74, 6) is -0.366. The molecule has 1 aromatic carbocycles. The number of Topliss-reactive ketones (excluding diaryl/α,β-unsaturated/α-hetero) is 1. The summed E-state index contributed by atoms with van der Waals surface area (Å²) in [6.07, 6.45) is 1.83. The van der Waals surface area contributed by atoms with Gasteiger partial charge in [0.15, 0.2) is 12.4 Å². The Balaban J connectivity index is 1.69. The van der Waals surface area contributed by atoms with Gasteiger partial charge in [-0.2, -0.15) is 0 Å². The van der Waals surface area contributed by atoms with E-state index in [4.69, 9.17) is 4.74 Å². The minimum absolute atomic E-state index is 0.0141. The smallest absolute Gasteiger partial charge is 0.339 e. The van der Waals surface area contributed by atoms with Crippen LogP contribution in [0, 0.1) is 5.92 Å². The molecule has 4 rings (SSSR count). The van der Waals surface area contributed by atoms with Crippen LogP contribution in [0.5, 0.6) is 0 Å². The summed E-state index contributed by atoms with van der Waals surface area (Å²) in [6.45, 7) is -0.144. The van der Waals surface area contributed by atoms with Gasteiger partial charge in [-0.25, -0.2) is 9.78 Å². The summed E-state index contributed by atoms with van der Waals surface area (Å²) >= 11 is 1.57. The third kappa shape index (κ3) is 2.95. The van der Waals surface area contributed by atoms with Crippen molar-refractivity contribution >= 4 is 34.0 Å². The third-order valence-corrected chi connectivity index (χ3v) is 4.98. The molecule has 120 valence electrons. The molecule has 0 N–H and O–H groups in total. The van der Waals surface area contributed by atoms with E-state index in [1.165, 1.54) is 0 Å². The van der Waals surface area contributed by atoms with Gasteiger partial charge in [0.05, 0.1) is 21.7 Å². The average molecular weight is 337 g/mol. The first-order valence-electron chi connectivity index (χ1n) is 7.86. The molecule has 3 aromatic rings. The summed E-state index contributed by atoms with van der Waals surface area (Å²) < 4.78 is 5.26. The number of hydrogen-bond donors (Lipinski definition) is 0. The van der Waals surface area contributed by atoms with E-state index in [9.17, 15) is 9.59 Å². The molecule has 0 spiro atoms. The molecular weight excluding hydrogens is 322 g/mol. The normalized spacial score (nSPS) is 13.8. The molecule has 2 heterocycles. The highest BCUT2D eigenvalue weighted by atomic mass is 32.1.